The van der Waals surface area contributed by atoms with Crippen LogP contribution in [0.5, 0.6) is 0 Å². The molecule has 29 heavy (non-hydrogen) atoms. The summed E-state index contributed by atoms with van der Waals surface area (Å²) in [6.45, 7) is 10.00. The zero-order valence-corrected chi connectivity index (χ0v) is 20.2. The van der Waals surface area contributed by atoms with Gasteiger partial charge in [0.05, 0.1) is 17.8 Å². The molecule has 0 saturated heterocycles. The first-order valence-electron chi connectivity index (χ1n) is 9.64. The van der Waals surface area contributed by atoms with E-state index in [1.807, 2.05) is 25.6 Å². The maximum absolute atomic E-state index is 12.0. The second kappa shape index (κ2) is 12.4. The number of aromatic nitrogens is 3. The van der Waals surface area contributed by atoms with E-state index in [1.165, 1.54) is 11.3 Å². The molecule has 0 aromatic carbocycles. The summed E-state index contributed by atoms with van der Waals surface area (Å²) in [5.74, 6) is 0.599. The lowest BCUT2D eigenvalue weighted by Crippen LogP contribution is -2.43. The molecule has 2 aromatic rings. The van der Waals surface area contributed by atoms with Gasteiger partial charge in [-0.1, -0.05) is 0 Å². The number of nitrogens with one attached hydrogen (secondary N) is 3. The molecule has 9 heteroatoms. The van der Waals surface area contributed by atoms with Crippen LogP contribution in [-0.2, 0) is 13.5 Å². The summed E-state index contributed by atoms with van der Waals surface area (Å²) in [7, 11) is 1.97. The smallest absolute Gasteiger partial charge is 0.252 e. The van der Waals surface area contributed by atoms with Gasteiger partial charge in [0.1, 0.15) is 0 Å². The van der Waals surface area contributed by atoms with Gasteiger partial charge in [0.15, 0.2) is 5.96 Å². The fourth-order valence-corrected chi connectivity index (χ4v) is 2.96. The highest BCUT2D eigenvalue weighted by Gasteiger charge is 2.14. The van der Waals surface area contributed by atoms with Crippen LogP contribution in [0, 0.1) is 13.8 Å². The van der Waals surface area contributed by atoms with Crippen molar-refractivity contribution >= 4 is 35.8 Å². The zero-order valence-electron chi connectivity index (χ0n) is 17.8. The Morgan fingerprint density at radius 2 is 2.07 bits per heavy atom. The molecule has 0 saturated carbocycles. The van der Waals surface area contributed by atoms with E-state index < -0.39 is 0 Å². The predicted molar refractivity (Wildman–Crippen MR) is 127 cm³/mol. The van der Waals surface area contributed by atoms with Gasteiger partial charge in [0.2, 0.25) is 0 Å². The van der Waals surface area contributed by atoms with Crippen molar-refractivity contribution in [2.24, 2.45) is 12.0 Å². The highest BCUT2D eigenvalue weighted by Crippen LogP contribution is 2.14. The molecule has 0 fully saturated rings. The lowest BCUT2D eigenvalue weighted by Gasteiger charge is -2.18. The molecule has 1 atom stereocenters. The number of guanidine groups is 1. The fourth-order valence-electron chi connectivity index (χ4n) is 2.96. The quantitative estimate of drug-likeness (QED) is 0.217. The second-order valence-electron chi connectivity index (χ2n) is 6.78. The van der Waals surface area contributed by atoms with Gasteiger partial charge < -0.3 is 16.0 Å². The van der Waals surface area contributed by atoms with Crippen LogP contribution in [0.3, 0.4) is 0 Å². The first kappa shape index (κ1) is 24.9. The van der Waals surface area contributed by atoms with E-state index in [1.54, 1.807) is 24.5 Å². The minimum absolute atomic E-state index is 0. The summed E-state index contributed by atoms with van der Waals surface area (Å²) in [6, 6.07) is 3.68. The highest BCUT2D eigenvalue weighted by atomic mass is 127. The maximum Gasteiger partial charge on any atom is 0.252 e. The van der Waals surface area contributed by atoms with Crippen LogP contribution in [0.2, 0.25) is 0 Å². The number of pyridine rings is 1. The Labute approximate surface area is 190 Å². The van der Waals surface area contributed by atoms with Gasteiger partial charge in [0, 0.05) is 44.3 Å². The average Bonchev–Trinajstić information content (AvgIpc) is 2.91. The number of halogens is 1. The van der Waals surface area contributed by atoms with Gasteiger partial charge in [-0.2, -0.15) is 5.10 Å². The number of carbonyl (C=O) groups is 1. The molecule has 0 aliphatic rings. The van der Waals surface area contributed by atoms with E-state index in [-0.39, 0.29) is 35.9 Å². The number of rotatable bonds is 8. The molecule has 1 amide bonds. The maximum atomic E-state index is 12.0. The molecule has 0 bridgehead atoms. The van der Waals surface area contributed by atoms with Crippen LogP contribution < -0.4 is 16.0 Å². The summed E-state index contributed by atoms with van der Waals surface area (Å²) in [5, 5.41) is 14.0. The van der Waals surface area contributed by atoms with Crippen molar-refractivity contribution in [1.82, 2.24) is 30.7 Å². The molecule has 0 radical (unpaired) electrons. The van der Waals surface area contributed by atoms with Gasteiger partial charge in [-0.15, -0.1) is 24.0 Å². The van der Waals surface area contributed by atoms with Crippen LogP contribution in [0.25, 0.3) is 0 Å². The Bertz CT molecular complexity index is 805. The first-order chi connectivity index (χ1) is 13.4. The first-order valence-corrected chi connectivity index (χ1v) is 9.64. The van der Waals surface area contributed by atoms with Crippen molar-refractivity contribution in [3.63, 3.8) is 0 Å². The monoisotopic (exact) mass is 513 g/mol. The van der Waals surface area contributed by atoms with Crippen LogP contribution >= 0.6 is 24.0 Å². The van der Waals surface area contributed by atoms with Crippen molar-refractivity contribution in [3.8, 4) is 0 Å². The largest absolute Gasteiger partial charge is 0.357 e. The zero-order chi connectivity index (χ0) is 20.5. The third kappa shape index (κ3) is 7.64. The average molecular weight is 513 g/mol. The Kier molecular flexibility index (Phi) is 10.6. The van der Waals surface area contributed by atoms with E-state index >= 15 is 0 Å². The summed E-state index contributed by atoms with van der Waals surface area (Å²) in [5.41, 5.74) is 4.06. The van der Waals surface area contributed by atoms with E-state index in [0.717, 1.165) is 24.6 Å². The molecule has 8 nitrogen and oxygen atoms in total. The van der Waals surface area contributed by atoms with E-state index in [2.05, 4.69) is 44.9 Å². The number of hydrogen-bond donors (Lipinski definition) is 3. The van der Waals surface area contributed by atoms with Gasteiger partial charge in [-0.05, 0) is 51.8 Å². The van der Waals surface area contributed by atoms with E-state index in [0.29, 0.717) is 18.7 Å². The topological polar surface area (TPSA) is 96.2 Å². The Morgan fingerprint density at radius 3 is 2.66 bits per heavy atom. The highest BCUT2D eigenvalue weighted by molar-refractivity contribution is 14.0. The Hall–Kier alpha value is -2.17. The summed E-state index contributed by atoms with van der Waals surface area (Å²) >= 11 is 0. The van der Waals surface area contributed by atoms with Crippen LogP contribution in [0.15, 0.2) is 29.5 Å². The molecule has 2 heterocycles. The van der Waals surface area contributed by atoms with Crippen LogP contribution in [-0.4, -0.2) is 52.3 Å². The van der Waals surface area contributed by atoms with Gasteiger partial charge in [0.25, 0.3) is 5.91 Å². The van der Waals surface area contributed by atoms with Crippen molar-refractivity contribution in [2.45, 2.75) is 40.2 Å². The molecular weight excluding hydrogens is 481 g/mol. The number of carbonyl (C=O) groups excluding carboxylic acids is 1. The third-order valence-electron chi connectivity index (χ3n) is 4.49. The molecule has 2 aromatic heterocycles. The van der Waals surface area contributed by atoms with Crippen molar-refractivity contribution in [2.75, 3.05) is 19.6 Å². The van der Waals surface area contributed by atoms with Crippen molar-refractivity contribution < 1.29 is 4.79 Å². The number of amides is 1. The molecule has 0 aliphatic heterocycles. The van der Waals surface area contributed by atoms with Crippen molar-refractivity contribution in [3.05, 3.63) is 47.0 Å². The minimum atomic E-state index is -0.142. The number of aliphatic imine (C=N–C) groups is 1. The molecule has 2 rings (SSSR count). The van der Waals surface area contributed by atoms with Crippen molar-refractivity contribution in [1.29, 1.82) is 0 Å². The SMILES string of the molecule is CCNC(=NCCNC(=O)c1cccnc1)NC(C)Cc1c(C)nn(C)c1C.I. The Balaban J connectivity index is 0.00000420. The van der Waals surface area contributed by atoms with Gasteiger partial charge in [-0.3, -0.25) is 19.5 Å². The van der Waals surface area contributed by atoms with Crippen LogP contribution in [0.1, 0.15) is 41.2 Å². The van der Waals surface area contributed by atoms with E-state index in [9.17, 15) is 4.79 Å². The van der Waals surface area contributed by atoms with Gasteiger partial charge >= 0.3 is 0 Å². The second-order valence-corrected chi connectivity index (χ2v) is 6.78. The standard InChI is InChI=1S/C20H31N7O.HI/c1-6-22-20(24-11-10-23-19(28)17-8-7-9-21-13-17)25-14(2)12-18-15(3)26-27(5)16(18)4;/h7-9,13-14H,6,10-12H2,1-5H3,(H,23,28)(H2,22,24,25);1H. The summed E-state index contributed by atoms with van der Waals surface area (Å²) < 4.78 is 1.92. The summed E-state index contributed by atoms with van der Waals surface area (Å²) in [6.07, 6.45) is 4.06. The fraction of sp³-hybridized carbons (Fsp3) is 0.500. The lowest BCUT2D eigenvalue weighted by molar-refractivity contribution is 0.0954. The van der Waals surface area contributed by atoms with Crippen LogP contribution in [0.4, 0.5) is 0 Å². The molecular formula is C20H32IN7O. The molecule has 0 spiro atoms. The lowest BCUT2D eigenvalue weighted by atomic mass is 10.1. The number of aryl methyl sites for hydroxylation is 2. The van der Waals surface area contributed by atoms with E-state index in [4.69, 9.17) is 0 Å². The van der Waals surface area contributed by atoms with Gasteiger partial charge in [-0.25, -0.2) is 0 Å². The number of hydrogen-bond acceptors (Lipinski definition) is 4. The molecule has 3 N–H and O–H groups in total. The number of nitrogens with zero attached hydrogens (tertiary/aromatic N) is 4. The third-order valence-corrected chi connectivity index (χ3v) is 4.49. The summed E-state index contributed by atoms with van der Waals surface area (Å²) in [4.78, 5) is 20.5. The predicted octanol–water partition coefficient (Wildman–Crippen LogP) is 1.97. The molecule has 1 unspecified atom stereocenters. The normalized spacial score (nSPS) is 12.1. The molecule has 160 valence electrons. The Morgan fingerprint density at radius 1 is 1.31 bits per heavy atom. The minimum Gasteiger partial charge on any atom is -0.357 e. The molecule has 0 aliphatic carbocycles.